The molecule has 1 rings (SSSR count). The molecular weight excluding hydrogens is 112 g/mol. The maximum Gasteiger partial charge on any atom is 0.214 e. The summed E-state index contributed by atoms with van der Waals surface area (Å²) in [5.74, 6) is 0. The SMILES string of the molecule is C1OO1.CC(O)CO. The van der Waals surface area contributed by atoms with Crippen LogP contribution in [-0.2, 0) is 9.78 Å². The van der Waals surface area contributed by atoms with Gasteiger partial charge in [-0.25, -0.2) is 9.78 Å². The second-order valence-electron chi connectivity index (χ2n) is 1.39. The molecule has 2 N–H and O–H groups in total. The number of hydrogen-bond donors (Lipinski definition) is 2. The first kappa shape index (κ1) is 7.84. The van der Waals surface area contributed by atoms with E-state index in [1.807, 2.05) is 0 Å². The van der Waals surface area contributed by atoms with Crippen molar-refractivity contribution < 1.29 is 20.0 Å². The maximum absolute atomic E-state index is 8.11. The molecule has 8 heavy (non-hydrogen) atoms. The third-order valence-electron chi connectivity index (χ3n) is 0.382. The van der Waals surface area contributed by atoms with Crippen molar-refractivity contribution in [3.05, 3.63) is 0 Å². The van der Waals surface area contributed by atoms with Crippen LogP contribution in [0, 0.1) is 0 Å². The standard InChI is InChI=1S/C3H8O2.CH2O2/c1-3(5)2-4;1-2-3-1/h3-5H,2H2,1H3;1H2. The zero-order valence-corrected chi connectivity index (χ0v) is 4.70. The number of aliphatic hydroxyl groups excluding tert-OH is 2. The normalized spacial score (nSPS) is 18.4. The lowest BCUT2D eigenvalue weighted by Crippen LogP contribution is -2.03. The minimum atomic E-state index is -0.560. The summed E-state index contributed by atoms with van der Waals surface area (Å²) >= 11 is 0. The van der Waals surface area contributed by atoms with Gasteiger partial charge in [-0.05, 0) is 6.92 Å². The van der Waals surface area contributed by atoms with Gasteiger partial charge in [0.25, 0.3) is 0 Å². The van der Waals surface area contributed by atoms with Crippen LogP contribution >= 0.6 is 0 Å². The van der Waals surface area contributed by atoms with Crippen LogP contribution in [0.15, 0.2) is 0 Å². The van der Waals surface area contributed by atoms with Crippen LogP contribution in [0.1, 0.15) is 6.92 Å². The molecule has 0 saturated carbocycles. The zero-order chi connectivity index (χ0) is 6.41. The molecule has 0 radical (unpaired) electrons. The van der Waals surface area contributed by atoms with Crippen molar-refractivity contribution in [1.29, 1.82) is 0 Å². The Morgan fingerprint density at radius 1 is 1.62 bits per heavy atom. The average molecular weight is 122 g/mol. The van der Waals surface area contributed by atoms with Crippen molar-refractivity contribution in [3.8, 4) is 0 Å². The number of rotatable bonds is 1. The van der Waals surface area contributed by atoms with Gasteiger partial charge in [0.2, 0.25) is 6.79 Å². The molecule has 4 heteroatoms. The third-order valence-corrected chi connectivity index (χ3v) is 0.382. The highest BCUT2D eigenvalue weighted by Crippen LogP contribution is 1.89. The Hall–Kier alpha value is -0.160. The van der Waals surface area contributed by atoms with E-state index in [1.54, 1.807) is 0 Å². The van der Waals surface area contributed by atoms with Crippen molar-refractivity contribution >= 4 is 0 Å². The van der Waals surface area contributed by atoms with E-state index in [2.05, 4.69) is 9.78 Å². The van der Waals surface area contributed by atoms with E-state index in [1.165, 1.54) is 6.92 Å². The van der Waals surface area contributed by atoms with E-state index in [0.717, 1.165) is 0 Å². The predicted octanol–water partition coefficient (Wildman–Crippen LogP) is -0.735. The van der Waals surface area contributed by atoms with E-state index in [-0.39, 0.29) is 6.61 Å². The maximum atomic E-state index is 8.11. The van der Waals surface area contributed by atoms with E-state index in [0.29, 0.717) is 6.79 Å². The van der Waals surface area contributed by atoms with Gasteiger partial charge in [0.1, 0.15) is 0 Å². The summed E-state index contributed by atoms with van der Waals surface area (Å²) in [4.78, 5) is 8.00. The Kier molecular flexibility index (Phi) is 4.89. The minimum absolute atomic E-state index is 0.139. The van der Waals surface area contributed by atoms with E-state index in [4.69, 9.17) is 10.2 Å². The van der Waals surface area contributed by atoms with Gasteiger partial charge in [0, 0.05) is 0 Å². The quantitative estimate of drug-likeness (QED) is 0.355. The molecule has 0 amide bonds. The molecule has 1 saturated heterocycles. The fourth-order valence-electron chi connectivity index (χ4n) is 0. The molecule has 1 unspecified atom stereocenters. The van der Waals surface area contributed by atoms with Gasteiger partial charge < -0.3 is 10.2 Å². The topological polar surface area (TPSA) is 65.5 Å². The van der Waals surface area contributed by atoms with E-state index >= 15 is 0 Å². The van der Waals surface area contributed by atoms with Crippen LogP contribution in [-0.4, -0.2) is 29.7 Å². The predicted molar refractivity (Wildman–Crippen MR) is 25.8 cm³/mol. The van der Waals surface area contributed by atoms with Crippen LogP contribution in [0.5, 0.6) is 0 Å². The molecule has 0 spiro atoms. The van der Waals surface area contributed by atoms with Crippen molar-refractivity contribution in [2.24, 2.45) is 0 Å². The summed E-state index contributed by atoms with van der Waals surface area (Å²) in [6, 6.07) is 0. The minimum Gasteiger partial charge on any atom is -0.394 e. The monoisotopic (exact) mass is 122 g/mol. The lowest BCUT2D eigenvalue weighted by atomic mass is 10.5. The van der Waals surface area contributed by atoms with Crippen LogP contribution < -0.4 is 0 Å². The first-order chi connectivity index (χ1) is 3.77. The second kappa shape index (κ2) is 4.99. The molecule has 1 heterocycles. The molecule has 0 bridgehead atoms. The van der Waals surface area contributed by atoms with Crippen LogP contribution in [0.2, 0.25) is 0 Å². The number of aliphatic hydroxyl groups is 2. The summed E-state index contributed by atoms with van der Waals surface area (Å²) in [7, 11) is 0. The summed E-state index contributed by atoms with van der Waals surface area (Å²) in [6.45, 7) is 1.89. The first-order valence-electron chi connectivity index (χ1n) is 2.30. The summed E-state index contributed by atoms with van der Waals surface area (Å²) in [5, 5.41) is 16.0. The van der Waals surface area contributed by atoms with E-state index < -0.39 is 6.10 Å². The summed E-state index contributed by atoms with van der Waals surface area (Å²) < 4.78 is 0. The highest BCUT2D eigenvalue weighted by molar-refractivity contribution is 4.33. The second-order valence-corrected chi connectivity index (χ2v) is 1.39. The molecule has 50 valence electrons. The van der Waals surface area contributed by atoms with Gasteiger partial charge >= 0.3 is 0 Å². The highest BCUT2D eigenvalue weighted by atomic mass is 17.4. The first-order valence-corrected chi connectivity index (χ1v) is 2.30. The molecule has 0 aromatic carbocycles. The van der Waals surface area contributed by atoms with Crippen molar-refractivity contribution in [2.75, 3.05) is 13.4 Å². The smallest absolute Gasteiger partial charge is 0.214 e. The fraction of sp³-hybridized carbons (Fsp3) is 1.00. The Labute approximate surface area is 47.6 Å². The van der Waals surface area contributed by atoms with Crippen molar-refractivity contribution in [1.82, 2.24) is 0 Å². The van der Waals surface area contributed by atoms with Crippen molar-refractivity contribution in [3.63, 3.8) is 0 Å². The van der Waals surface area contributed by atoms with Crippen LogP contribution in [0.3, 0.4) is 0 Å². The van der Waals surface area contributed by atoms with Gasteiger partial charge in [0.15, 0.2) is 0 Å². The van der Waals surface area contributed by atoms with Crippen LogP contribution in [0.4, 0.5) is 0 Å². The average Bonchev–Trinajstić information content (AvgIpc) is 2.48. The number of hydrogen-bond acceptors (Lipinski definition) is 4. The molecule has 1 atom stereocenters. The Morgan fingerprint density at radius 3 is 1.88 bits per heavy atom. The summed E-state index contributed by atoms with van der Waals surface area (Å²) in [5.41, 5.74) is 0. The molecule has 1 aliphatic heterocycles. The Balaban J connectivity index is 0.000000135. The molecule has 0 aromatic heterocycles. The van der Waals surface area contributed by atoms with Gasteiger partial charge in [-0.2, -0.15) is 0 Å². The molecule has 1 fully saturated rings. The lowest BCUT2D eigenvalue weighted by molar-refractivity contribution is 0.0850. The zero-order valence-electron chi connectivity index (χ0n) is 4.70. The lowest BCUT2D eigenvalue weighted by Gasteiger charge is -1.90. The molecule has 0 aromatic rings. The van der Waals surface area contributed by atoms with Gasteiger partial charge in [-0.15, -0.1) is 0 Å². The largest absolute Gasteiger partial charge is 0.394 e. The van der Waals surface area contributed by atoms with Gasteiger partial charge in [-0.1, -0.05) is 0 Å². The molecular formula is C4H10O4. The molecule has 1 aliphatic rings. The van der Waals surface area contributed by atoms with Gasteiger partial charge in [0.05, 0.1) is 12.7 Å². The van der Waals surface area contributed by atoms with Crippen LogP contribution in [0.25, 0.3) is 0 Å². The summed E-state index contributed by atoms with van der Waals surface area (Å²) in [6.07, 6.45) is -0.560. The molecule has 4 nitrogen and oxygen atoms in total. The highest BCUT2D eigenvalue weighted by Gasteiger charge is 1.95. The third kappa shape index (κ3) is 17.0. The fourth-order valence-corrected chi connectivity index (χ4v) is 0. The Bertz CT molecular complexity index is 40.5. The van der Waals surface area contributed by atoms with Crippen molar-refractivity contribution in [2.45, 2.75) is 13.0 Å². The van der Waals surface area contributed by atoms with E-state index in [9.17, 15) is 0 Å². The Morgan fingerprint density at radius 2 is 1.88 bits per heavy atom. The molecule has 0 aliphatic carbocycles. The van der Waals surface area contributed by atoms with Gasteiger partial charge in [-0.3, -0.25) is 0 Å².